The summed E-state index contributed by atoms with van der Waals surface area (Å²) in [5, 5.41) is 1.83. The van der Waals surface area contributed by atoms with Gasteiger partial charge in [0.1, 0.15) is 10.2 Å². The van der Waals surface area contributed by atoms with E-state index in [2.05, 4.69) is 15.0 Å². The minimum atomic E-state index is 0.393. The first-order chi connectivity index (χ1) is 7.75. The van der Waals surface area contributed by atoms with Crippen molar-refractivity contribution in [1.82, 2.24) is 15.0 Å². The third kappa shape index (κ3) is 3.07. The number of halogens is 2. The molecule has 0 radical (unpaired) electrons. The minimum absolute atomic E-state index is 0.393. The number of pyridine rings is 1. The first kappa shape index (κ1) is 11.6. The van der Waals surface area contributed by atoms with E-state index in [1.165, 1.54) is 18.0 Å². The number of thioether (sulfide) groups is 1. The largest absolute Gasteiger partial charge is 0.256 e. The van der Waals surface area contributed by atoms with Crippen molar-refractivity contribution in [3.63, 3.8) is 0 Å². The Morgan fingerprint density at radius 1 is 1.12 bits per heavy atom. The van der Waals surface area contributed by atoms with Gasteiger partial charge in [-0.25, -0.2) is 9.97 Å². The van der Waals surface area contributed by atoms with Crippen LogP contribution in [0, 0.1) is 0 Å². The van der Waals surface area contributed by atoms with E-state index in [1.807, 2.05) is 6.07 Å². The Bertz CT molecular complexity index is 476. The molecule has 0 aliphatic rings. The molecule has 0 saturated heterocycles. The summed E-state index contributed by atoms with van der Waals surface area (Å²) in [7, 11) is 0. The number of hydrogen-bond donors (Lipinski definition) is 0. The molecular formula is C10H7Cl2N3S. The summed E-state index contributed by atoms with van der Waals surface area (Å²) < 4.78 is 0. The van der Waals surface area contributed by atoms with E-state index < -0.39 is 0 Å². The molecule has 0 amide bonds. The lowest BCUT2D eigenvalue weighted by atomic mass is 10.5. The molecular weight excluding hydrogens is 265 g/mol. The van der Waals surface area contributed by atoms with Crippen LogP contribution in [-0.2, 0) is 5.75 Å². The lowest BCUT2D eigenvalue weighted by Crippen LogP contribution is -1.89. The standard InChI is InChI=1S/C10H7Cl2N3S/c11-8-2-1-3-13-10(8)16-6-7-4-15-9(12)5-14-7/h1-5H,6H2. The first-order valence-corrected chi connectivity index (χ1v) is 6.19. The summed E-state index contributed by atoms with van der Waals surface area (Å²) >= 11 is 13.1. The quantitative estimate of drug-likeness (QED) is 0.802. The number of aromatic nitrogens is 3. The van der Waals surface area contributed by atoms with Gasteiger partial charge in [-0.2, -0.15) is 0 Å². The van der Waals surface area contributed by atoms with Crippen LogP contribution < -0.4 is 0 Å². The van der Waals surface area contributed by atoms with Crippen LogP contribution in [0.5, 0.6) is 0 Å². The fourth-order valence-electron chi connectivity index (χ4n) is 1.03. The van der Waals surface area contributed by atoms with Crippen LogP contribution in [0.2, 0.25) is 10.2 Å². The number of rotatable bonds is 3. The van der Waals surface area contributed by atoms with Crippen molar-refractivity contribution in [3.8, 4) is 0 Å². The highest BCUT2D eigenvalue weighted by Gasteiger charge is 2.03. The maximum absolute atomic E-state index is 5.98. The molecule has 2 heterocycles. The second-order valence-electron chi connectivity index (χ2n) is 2.91. The van der Waals surface area contributed by atoms with Crippen molar-refractivity contribution >= 4 is 35.0 Å². The molecule has 2 aromatic rings. The van der Waals surface area contributed by atoms with Gasteiger partial charge in [0.25, 0.3) is 0 Å². The van der Waals surface area contributed by atoms with Crippen molar-refractivity contribution in [2.75, 3.05) is 0 Å². The third-order valence-electron chi connectivity index (χ3n) is 1.76. The van der Waals surface area contributed by atoms with Gasteiger partial charge in [0.05, 0.1) is 23.1 Å². The molecule has 16 heavy (non-hydrogen) atoms. The Balaban J connectivity index is 2.02. The van der Waals surface area contributed by atoms with Crippen molar-refractivity contribution in [2.24, 2.45) is 0 Å². The molecule has 3 nitrogen and oxygen atoms in total. The van der Waals surface area contributed by atoms with E-state index in [9.17, 15) is 0 Å². The monoisotopic (exact) mass is 271 g/mol. The van der Waals surface area contributed by atoms with E-state index in [0.29, 0.717) is 15.9 Å². The minimum Gasteiger partial charge on any atom is -0.256 e. The predicted molar refractivity (Wildman–Crippen MR) is 65.9 cm³/mol. The van der Waals surface area contributed by atoms with E-state index in [-0.39, 0.29) is 0 Å². The summed E-state index contributed by atoms with van der Waals surface area (Å²) in [5.74, 6) is 0.668. The van der Waals surface area contributed by atoms with E-state index in [4.69, 9.17) is 23.2 Å². The summed E-state index contributed by atoms with van der Waals surface area (Å²) in [4.78, 5) is 12.3. The molecule has 82 valence electrons. The van der Waals surface area contributed by atoms with Crippen molar-refractivity contribution in [1.29, 1.82) is 0 Å². The van der Waals surface area contributed by atoms with Crippen LogP contribution in [0.4, 0.5) is 0 Å². The lowest BCUT2D eigenvalue weighted by molar-refractivity contribution is 1.09. The van der Waals surface area contributed by atoms with E-state index >= 15 is 0 Å². The van der Waals surface area contributed by atoms with Crippen molar-refractivity contribution in [2.45, 2.75) is 10.8 Å². The normalized spacial score (nSPS) is 10.4. The van der Waals surface area contributed by atoms with Crippen molar-refractivity contribution < 1.29 is 0 Å². The molecule has 6 heteroatoms. The van der Waals surface area contributed by atoms with E-state index in [1.54, 1.807) is 18.5 Å². The maximum atomic E-state index is 5.98. The molecule has 2 aromatic heterocycles. The molecule has 0 aromatic carbocycles. The molecule has 0 fully saturated rings. The molecule has 0 saturated carbocycles. The van der Waals surface area contributed by atoms with Gasteiger partial charge in [0, 0.05) is 11.9 Å². The molecule has 0 aliphatic heterocycles. The fourth-order valence-corrected chi connectivity index (χ4v) is 2.19. The predicted octanol–water partition coefficient (Wildman–Crippen LogP) is 3.47. The van der Waals surface area contributed by atoms with Gasteiger partial charge in [-0.3, -0.25) is 4.98 Å². The van der Waals surface area contributed by atoms with Crippen LogP contribution in [0.1, 0.15) is 5.69 Å². The molecule has 0 N–H and O–H groups in total. The number of hydrogen-bond acceptors (Lipinski definition) is 4. The Morgan fingerprint density at radius 3 is 2.69 bits per heavy atom. The van der Waals surface area contributed by atoms with E-state index in [0.717, 1.165) is 10.7 Å². The van der Waals surface area contributed by atoms with Crippen molar-refractivity contribution in [3.05, 3.63) is 46.6 Å². The molecule has 0 spiro atoms. The Morgan fingerprint density at radius 2 is 2.00 bits per heavy atom. The van der Waals surface area contributed by atoms with Crippen LogP contribution in [0.15, 0.2) is 35.7 Å². The van der Waals surface area contributed by atoms with Gasteiger partial charge in [-0.15, -0.1) is 0 Å². The van der Waals surface area contributed by atoms with Gasteiger partial charge in [-0.05, 0) is 12.1 Å². The smallest absolute Gasteiger partial charge is 0.147 e. The molecule has 2 rings (SSSR count). The zero-order valence-electron chi connectivity index (χ0n) is 8.10. The average Bonchev–Trinajstić information content (AvgIpc) is 2.30. The van der Waals surface area contributed by atoms with Gasteiger partial charge in [0.2, 0.25) is 0 Å². The van der Waals surface area contributed by atoms with Crippen LogP contribution in [-0.4, -0.2) is 15.0 Å². The van der Waals surface area contributed by atoms with Crippen LogP contribution in [0.3, 0.4) is 0 Å². The zero-order chi connectivity index (χ0) is 11.4. The molecule has 0 bridgehead atoms. The topological polar surface area (TPSA) is 38.7 Å². The molecule has 0 unspecified atom stereocenters. The third-order valence-corrected chi connectivity index (χ3v) is 3.41. The molecule has 0 aliphatic carbocycles. The number of nitrogens with zero attached hydrogens (tertiary/aromatic N) is 3. The maximum Gasteiger partial charge on any atom is 0.147 e. The van der Waals surface area contributed by atoms with Gasteiger partial charge in [-0.1, -0.05) is 35.0 Å². The van der Waals surface area contributed by atoms with Gasteiger partial charge < -0.3 is 0 Å². The van der Waals surface area contributed by atoms with Gasteiger partial charge >= 0.3 is 0 Å². The summed E-state index contributed by atoms with van der Waals surface area (Å²) in [5.41, 5.74) is 0.844. The summed E-state index contributed by atoms with van der Waals surface area (Å²) in [6, 6.07) is 3.61. The highest BCUT2D eigenvalue weighted by molar-refractivity contribution is 7.98. The zero-order valence-corrected chi connectivity index (χ0v) is 10.4. The van der Waals surface area contributed by atoms with Crippen LogP contribution in [0.25, 0.3) is 0 Å². The Hall–Kier alpha value is -0.840. The Kier molecular flexibility index (Phi) is 3.98. The second kappa shape index (κ2) is 5.48. The average molecular weight is 272 g/mol. The lowest BCUT2D eigenvalue weighted by Gasteiger charge is -2.01. The Labute approximate surface area is 107 Å². The SMILES string of the molecule is Clc1cnc(CSc2ncccc2Cl)cn1. The van der Waals surface area contributed by atoms with Gasteiger partial charge in [0.15, 0.2) is 0 Å². The highest BCUT2D eigenvalue weighted by atomic mass is 35.5. The summed E-state index contributed by atoms with van der Waals surface area (Å²) in [6.45, 7) is 0. The second-order valence-corrected chi connectivity index (χ2v) is 4.67. The summed E-state index contributed by atoms with van der Waals surface area (Å²) in [6.07, 6.45) is 4.88. The first-order valence-electron chi connectivity index (χ1n) is 4.45. The molecule has 0 atom stereocenters. The highest BCUT2D eigenvalue weighted by Crippen LogP contribution is 2.26. The van der Waals surface area contributed by atoms with Crippen LogP contribution >= 0.6 is 35.0 Å². The fraction of sp³-hybridized carbons (Fsp3) is 0.100.